The molecule has 1 saturated heterocycles. The number of piperazine rings is 1. The van der Waals surface area contributed by atoms with Gasteiger partial charge < -0.3 is 10.2 Å². The summed E-state index contributed by atoms with van der Waals surface area (Å²) in [7, 11) is 0. The number of hydrogen-bond acceptors (Lipinski definition) is 2. The van der Waals surface area contributed by atoms with E-state index >= 15 is 0 Å². The quantitative estimate of drug-likeness (QED) is 0.847. The van der Waals surface area contributed by atoms with Crippen LogP contribution in [-0.2, 0) is 0 Å². The second kappa shape index (κ2) is 4.50. The van der Waals surface area contributed by atoms with Gasteiger partial charge in [-0.2, -0.15) is 0 Å². The Morgan fingerprint density at radius 2 is 2.00 bits per heavy atom. The molecule has 0 aromatic heterocycles. The Morgan fingerprint density at radius 1 is 1.20 bits per heavy atom. The van der Waals surface area contributed by atoms with E-state index in [1.54, 1.807) is 5.70 Å². The minimum atomic E-state index is 0.517. The molecule has 1 unspecified atom stereocenters. The van der Waals surface area contributed by atoms with Gasteiger partial charge in [-0.1, -0.05) is 19.9 Å². The van der Waals surface area contributed by atoms with E-state index in [0.717, 1.165) is 11.8 Å². The summed E-state index contributed by atoms with van der Waals surface area (Å²) in [4.78, 5) is 2.70. The Balaban J connectivity index is 1.40. The van der Waals surface area contributed by atoms with Gasteiger partial charge in [0.05, 0.1) is 0 Å². The molecule has 0 aromatic rings. The van der Waals surface area contributed by atoms with Crippen LogP contribution in [0.3, 0.4) is 0 Å². The van der Waals surface area contributed by atoms with Crippen molar-refractivity contribution in [3.8, 4) is 0 Å². The second-order valence-corrected chi connectivity index (χ2v) is 8.39. The first-order chi connectivity index (χ1) is 9.59. The summed E-state index contributed by atoms with van der Waals surface area (Å²) in [6.07, 6.45) is 12.4. The van der Waals surface area contributed by atoms with E-state index in [9.17, 15) is 0 Å². The molecular formula is C18H30N2. The Kier molecular flexibility index (Phi) is 2.96. The monoisotopic (exact) mass is 274 g/mol. The average molecular weight is 274 g/mol. The van der Waals surface area contributed by atoms with Gasteiger partial charge in [-0.15, -0.1) is 0 Å². The smallest absolute Gasteiger partial charge is 0.0359 e. The molecule has 1 heterocycles. The lowest BCUT2D eigenvalue weighted by molar-refractivity contribution is 0.147. The van der Waals surface area contributed by atoms with E-state index in [-0.39, 0.29) is 0 Å². The fraction of sp³-hybridized carbons (Fsp3) is 0.889. The summed E-state index contributed by atoms with van der Waals surface area (Å²) in [6, 6.07) is 0. The van der Waals surface area contributed by atoms with E-state index in [4.69, 9.17) is 0 Å². The molecular weight excluding hydrogens is 244 g/mol. The first-order valence-electron chi connectivity index (χ1n) is 8.78. The molecule has 0 amide bonds. The molecule has 20 heavy (non-hydrogen) atoms. The van der Waals surface area contributed by atoms with Crippen LogP contribution in [0, 0.1) is 17.3 Å². The lowest BCUT2D eigenvalue weighted by Gasteiger charge is -2.42. The molecule has 1 atom stereocenters. The van der Waals surface area contributed by atoms with E-state index in [0.29, 0.717) is 11.0 Å². The van der Waals surface area contributed by atoms with Crippen LogP contribution in [-0.4, -0.2) is 30.1 Å². The minimum absolute atomic E-state index is 0.517. The van der Waals surface area contributed by atoms with Crippen LogP contribution in [0.5, 0.6) is 0 Å². The molecule has 2 nitrogen and oxygen atoms in total. The molecule has 1 aliphatic heterocycles. The summed E-state index contributed by atoms with van der Waals surface area (Å²) in [5.74, 6) is 1.95. The maximum absolute atomic E-state index is 3.73. The highest BCUT2D eigenvalue weighted by molar-refractivity contribution is 5.15. The molecule has 1 spiro atoms. The van der Waals surface area contributed by atoms with Crippen molar-refractivity contribution >= 4 is 0 Å². The van der Waals surface area contributed by atoms with Crippen LogP contribution in [0.15, 0.2) is 11.8 Å². The number of rotatable bonds is 3. The average Bonchev–Trinajstić information content (AvgIpc) is 3.35. The third-order valence-electron chi connectivity index (χ3n) is 6.70. The molecule has 0 bridgehead atoms. The van der Waals surface area contributed by atoms with Crippen molar-refractivity contribution < 1.29 is 0 Å². The second-order valence-electron chi connectivity index (χ2n) is 8.39. The van der Waals surface area contributed by atoms with Gasteiger partial charge in [0.1, 0.15) is 0 Å². The third kappa shape index (κ3) is 2.30. The summed E-state index contributed by atoms with van der Waals surface area (Å²) in [5, 5.41) is 3.73. The molecule has 2 heteroatoms. The first-order valence-corrected chi connectivity index (χ1v) is 8.78. The number of allylic oxidation sites excluding steroid dienone is 2. The fourth-order valence-corrected chi connectivity index (χ4v) is 4.63. The Morgan fingerprint density at radius 3 is 2.60 bits per heavy atom. The largest absolute Gasteiger partial charge is 0.372 e. The van der Waals surface area contributed by atoms with Crippen LogP contribution in [0.2, 0.25) is 0 Å². The number of nitrogens with zero attached hydrogens (tertiary/aromatic N) is 1. The topological polar surface area (TPSA) is 15.3 Å². The zero-order valence-electron chi connectivity index (χ0n) is 13.3. The highest BCUT2D eigenvalue weighted by Gasteiger charge is 2.47. The predicted octanol–water partition coefficient (Wildman–Crippen LogP) is 3.54. The summed E-state index contributed by atoms with van der Waals surface area (Å²) in [6.45, 7) is 8.74. The van der Waals surface area contributed by atoms with Gasteiger partial charge in [-0.3, -0.25) is 0 Å². The molecule has 1 N–H and O–H groups in total. The van der Waals surface area contributed by atoms with Crippen LogP contribution in [0.4, 0.5) is 0 Å². The van der Waals surface area contributed by atoms with Gasteiger partial charge in [0.2, 0.25) is 0 Å². The van der Waals surface area contributed by atoms with E-state index in [1.165, 1.54) is 64.6 Å². The number of hydrogen-bond donors (Lipinski definition) is 1. The molecule has 3 aliphatic carbocycles. The van der Waals surface area contributed by atoms with Gasteiger partial charge in [0.15, 0.2) is 0 Å². The summed E-state index contributed by atoms with van der Waals surface area (Å²) < 4.78 is 0. The third-order valence-corrected chi connectivity index (χ3v) is 6.70. The Labute approximate surface area is 124 Å². The lowest BCUT2D eigenvalue weighted by atomic mass is 9.69. The number of nitrogens with one attached hydrogen (secondary N) is 1. The van der Waals surface area contributed by atoms with Crippen molar-refractivity contribution in [3.05, 3.63) is 11.8 Å². The summed E-state index contributed by atoms with van der Waals surface area (Å²) >= 11 is 0. The lowest BCUT2D eigenvalue weighted by Crippen LogP contribution is -2.52. The van der Waals surface area contributed by atoms with Gasteiger partial charge in [0.25, 0.3) is 0 Å². The van der Waals surface area contributed by atoms with Gasteiger partial charge >= 0.3 is 0 Å². The normalized spacial score (nSPS) is 33.2. The van der Waals surface area contributed by atoms with Crippen molar-refractivity contribution in [1.82, 2.24) is 10.2 Å². The first kappa shape index (κ1) is 13.2. The standard InChI is InChI=1S/C18H30N2/c1-17(2,14-3-4-14)15-5-7-16(8-6-15)20-12-11-19-18(13-20)9-10-18/h7,14-15,19H,3-6,8-13H2,1-2H3. The fourth-order valence-electron chi connectivity index (χ4n) is 4.63. The van der Waals surface area contributed by atoms with Crippen molar-refractivity contribution in [2.24, 2.45) is 17.3 Å². The maximum atomic E-state index is 3.73. The molecule has 112 valence electrons. The zero-order valence-corrected chi connectivity index (χ0v) is 13.3. The van der Waals surface area contributed by atoms with Crippen LogP contribution >= 0.6 is 0 Å². The molecule has 4 rings (SSSR count). The van der Waals surface area contributed by atoms with Gasteiger partial charge in [-0.05, 0) is 62.2 Å². The molecule has 0 radical (unpaired) electrons. The zero-order chi connectivity index (χ0) is 13.8. The van der Waals surface area contributed by atoms with Crippen molar-refractivity contribution in [2.75, 3.05) is 19.6 Å². The van der Waals surface area contributed by atoms with E-state index in [1.807, 2.05) is 0 Å². The minimum Gasteiger partial charge on any atom is -0.372 e. The van der Waals surface area contributed by atoms with Crippen molar-refractivity contribution in [3.63, 3.8) is 0 Å². The molecule has 4 aliphatic rings. The van der Waals surface area contributed by atoms with Crippen LogP contribution < -0.4 is 5.32 Å². The van der Waals surface area contributed by atoms with E-state index < -0.39 is 0 Å². The highest BCUT2D eigenvalue weighted by Crippen LogP contribution is 2.53. The maximum Gasteiger partial charge on any atom is 0.0359 e. The van der Waals surface area contributed by atoms with Crippen molar-refractivity contribution in [1.29, 1.82) is 0 Å². The van der Waals surface area contributed by atoms with Gasteiger partial charge in [0, 0.05) is 30.9 Å². The van der Waals surface area contributed by atoms with Gasteiger partial charge in [-0.25, -0.2) is 0 Å². The predicted molar refractivity (Wildman–Crippen MR) is 83.5 cm³/mol. The Hall–Kier alpha value is -0.500. The van der Waals surface area contributed by atoms with Crippen molar-refractivity contribution in [2.45, 2.75) is 64.3 Å². The highest BCUT2D eigenvalue weighted by atomic mass is 15.2. The molecule has 0 aromatic carbocycles. The van der Waals surface area contributed by atoms with Crippen LogP contribution in [0.1, 0.15) is 58.8 Å². The summed E-state index contributed by atoms with van der Waals surface area (Å²) in [5.41, 5.74) is 2.77. The molecule has 2 saturated carbocycles. The van der Waals surface area contributed by atoms with Crippen LogP contribution in [0.25, 0.3) is 0 Å². The SMILES string of the molecule is CC(C)(C1CC=C(N2CCNC3(CC3)C2)CC1)C1CC1. The van der Waals surface area contributed by atoms with E-state index in [2.05, 4.69) is 30.1 Å². The Bertz CT molecular complexity index is 415. The molecule has 3 fully saturated rings.